The van der Waals surface area contributed by atoms with Crippen LogP contribution in [0.2, 0.25) is 0 Å². The molecule has 130 valence electrons. The van der Waals surface area contributed by atoms with Crippen molar-refractivity contribution in [2.75, 3.05) is 7.11 Å². The number of hydrogen-bond acceptors (Lipinski definition) is 5. The van der Waals surface area contributed by atoms with Crippen LogP contribution in [0.1, 0.15) is 12.8 Å². The first kappa shape index (κ1) is 15.3. The van der Waals surface area contributed by atoms with Crippen LogP contribution in [0.25, 0.3) is 10.8 Å². The maximum atomic E-state index is 12.8. The van der Waals surface area contributed by atoms with E-state index >= 15 is 0 Å². The first-order chi connectivity index (χ1) is 12.6. The van der Waals surface area contributed by atoms with Crippen LogP contribution in [-0.4, -0.2) is 30.6 Å². The molecule has 1 heterocycles. The summed E-state index contributed by atoms with van der Waals surface area (Å²) < 4.78 is 18.0. The highest BCUT2D eigenvalue weighted by Crippen LogP contribution is 2.49. The Morgan fingerprint density at radius 1 is 1.00 bits per heavy atom. The number of carbonyl (C=O) groups is 2. The lowest BCUT2D eigenvalue weighted by Gasteiger charge is -2.44. The van der Waals surface area contributed by atoms with Gasteiger partial charge in [0, 0.05) is 19.1 Å². The fourth-order valence-electron chi connectivity index (χ4n) is 4.14. The van der Waals surface area contributed by atoms with Crippen molar-refractivity contribution in [1.82, 2.24) is 0 Å². The van der Waals surface area contributed by atoms with Crippen molar-refractivity contribution in [2.24, 2.45) is 0 Å². The summed E-state index contributed by atoms with van der Waals surface area (Å²) in [5, 5.41) is 1.88. The SMILES string of the molecule is COC1CCC2(Oc3cccc4cccc(c34)O2)C2=C1C(=O)C=CC2=O. The summed E-state index contributed by atoms with van der Waals surface area (Å²) in [6, 6.07) is 11.5. The number of methoxy groups -OCH3 is 1. The third kappa shape index (κ3) is 1.95. The van der Waals surface area contributed by atoms with Gasteiger partial charge in [-0.15, -0.1) is 0 Å². The molecular weight excluding hydrogens is 332 g/mol. The van der Waals surface area contributed by atoms with Crippen LogP contribution in [0.15, 0.2) is 59.7 Å². The zero-order valence-electron chi connectivity index (χ0n) is 14.2. The van der Waals surface area contributed by atoms with Crippen LogP contribution in [0, 0.1) is 0 Å². The van der Waals surface area contributed by atoms with Crippen molar-refractivity contribution in [1.29, 1.82) is 0 Å². The Kier molecular flexibility index (Phi) is 3.12. The average Bonchev–Trinajstić information content (AvgIpc) is 2.65. The van der Waals surface area contributed by atoms with Gasteiger partial charge in [0.1, 0.15) is 11.5 Å². The molecule has 1 aliphatic heterocycles. The molecule has 0 bridgehead atoms. The topological polar surface area (TPSA) is 61.8 Å². The molecule has 0 aromatic heterocycles. The van der Waals surface area contributed by atoms with Crippen LogP contribution in [-0.2, 0) is 14.3 Å². The van der Waals surface area contributed by atoms with Crippen LogP contribution in [0.5, 0.6) is 11.5 Å². The van der Waals surface area contributed by atoms with Crippen molar-refractivity contribution < 1.29 is 23.8 Å². The van der Waals surface area contributed by atoms with Gasteiger partial charge in [0.2, 0.25) is 0 Å². The molecule has 5 rings (SSSR count). The molecule has 26 heavy (non-hydrogen) atoms. The normalized spacial score (nSPS) is 23.0. The van der Waals surface area contributed by atoms with E-state index in [4.69, 9.17) is 14.2 Å². The van der Waals surface area contributed by atoms with Crippen molar-refractivity contribution >= 4 is 22.3 Å². The Balaban J connectivity index is 1.74. The first-order valence-electron chi connectivity index (χ1n) is 8.57. The van der Waals surface area contributed by atoms with Crippen molar-refractivity contribution in [3.05, 3.63) is 59.7 Å². The summed E-state index contributed by atoms with van der Waals surface area (Å²) in [5.74, 6) is -0.490. The van der Waals surface area contributed by atoms with Crippen LogP contribution in [0.3, 0.4) is 0 Å². The van der Waals surface area contributed by atoms with Gasteiger partial charge < -0.3 is 14.2 Å². The molecule has 0 radical (unpaired) electrons. The van der Waals surface area contributed by atoms with E-state index in [2.05, 4.69) is 0 Å². The molecule has 0 N–H and O–H groups in total. The monoisotopic (exact) mass is 348 g/mol. The second-order valence-electron chi connectivity index (χ2n) is 6.68. The Labute approximate surface area is 149 Å². The lowest BCUT2D eigenvalue weighted by atomic mass is 9.77. The van der Waals surface area contributed by atoms with E-state index < -0.39 is 11.9 Å². The van der Waals surface area contributed by atoms with E-state index in [1.807, 2.05) is 36.4 Å². The van der Waals surface area contributed by atoms with Crippen LogP contribution in [0.4, 0.5) is 0 Å². The van der Waals surface area contributed by atoms with Gasteiger partial charge in [-0.2, -0.15) is 0 Å². The highest BCUT2D eigenvalue weighted by Gasteiger charge is 2.53. The standard InChI is InChI=1S/C21H16O5/c1-24-15-10-11-21(20-14(23)9-8-13(22)19(15)20)25-16-6-2-4-12-5-3-7-17(26-21)18(12)16/h2-9,15H,10-11H2,1H3. The Bertz CT molecular complexity index is 989. The van der Waals surface area contributed by atoms with Gasteiger partial charge >= 0.3 is 0 Å². The number of allylic oxidation sites excluding steroid dienone is 2. The molecule has 0 saturated heterocycles. The number of carbonyl (C=O) groups excluding carboxylic acids is 2. The minimum absolute atomic E-state index is 0.227. The number of ether oxygens (including phenoxy) is 3. The lowest BCUT2D eigenvalue weighted by Crippen LogP contribution is -2.53. The molecule has 0 saturated carbocycles. The fraction of sp³-hybridized carbons (Fsp3) is 0.238. The highest BCUT2D eigenvalue weighted by molar-refractivity contribution is 6.21. The first-order valence-corrected chi connectivity index (χ1v) is 8.57. The van der Waals surface area contributed by atoms with E-state index in [1.165, 1.54) is 12.2 Å². The van der Waals surface area contributed by atoms with E-state index in [1.54, 1.807) is 7.11 Å². The molecule has 2 aliphatic carbocycles. The van der Waals surface area contributed by atoms with Crippen molar-refractivity contribution in [3.63, 3.8) is 0 Å². The number of rotatable bonds is 1. The third-order valence-electron chi connectivity index (χ3n) is 5.27. The minimum Gasteiger partial charge on any atom is -0.447 e. The number of ketones is 2. The molecule has 1 atom stereocenters. The molecule has 2 aromatic rings. The Hall–Kier alpha value is -2.92. The summed E-state index contributed by atoms with van der Waals surface area (Å²) in [6.07, 6.45) is 3.10. The van der Waals surface area contributed by atoms with E-state index in [0.29, 0.717) is 29.9 Å². The quantitative estimate of drug-likeness (QED) is 0.741. The second-order valence-corrected chi connectivity index (χ2v) is 6.68. The van der Waals surface area contributed by atoms with Gasteiger partial charge in [-0.05, 0) is 36.1 Å². The minimum atomic E-state index is -1.30. The van der Waals surface area contributed by atoms with Gasteiger partial charge in [-0.25, -0.2) is 0 Å². The van der Waals surface area contributed by atoms with Gasteiger partial charge in [0.05, 0.1) is 17.1 Å². The second kappa shape index (κ2) is 5.29. The summed E-state index contributed by atoms with van der Waals surface area (Å²) in [5.41, 5.74) is 0.604. The molecule has 0 fully saturated rings. The zero-order valence-corrected chi connectivity index (χ0v) is 14.2. The zero-order chi connectivity index (χ0) is 17.9. The lowest BCUT2D eigenvalue weighted by molar-refractivity contribution is -0.134. The van der Waals surface area contributed by atoms with Crippen molar-refractivity contribution in [3.8, 4) is 11.5 Å². The highest BCUT2D eigenvalue weighted by atomic mass is 16.7. The molecule has 5 nitrogen and oxygen atoms in total. The molecule has 0 amide bonds. The maximum absolute atomic E-state index is 12.8. The molecule has 2 aromatic carbocycles. The molecule has 1 spiro atoms. The van der Waals surface area contributed by atoms with Gasteiger partial charge in [0.25, 0.3) is 5.79 Å². The smallest absolute Gasteiger partial charge is 0.282 e. The van der Waals surface area contributed by atoms with E-state index in [0.717, 1.165) is 10.8 Å². The predicted octanol–water partition coefficient (Wildman–Crippen LogP) is 3.12. The Morgan fingerprint density at radius 3 is 2.31 bits per heavy atom. The predicted molar refractivity (Wildman–Crippen MR) is 94.1 cm³/mol. The summed E-state index contributed by atoms with van der Waals surface area (Å²) in [6.45, 7) is 0. The molecule has 1 unspecified atom stereocenters. The van der Waals surface area contributed by atoms with Gasteiger partial charge in [-0.3, -0.25) is 9.59 Å². The van der Waals surface area contributed by atoms with Crippen LogP contribution >= 0.6 is 0 Å². The molecular formula is C21H16O5. The molecule has 3 aliphatic rings. The average molecular weight is 348 g/mol. The van der Waals surface area contributed by atoms with E-state index in [9.17, 15) is 9.59 Å². The summed E-state index contributed by atoms with van der Waals surface area (Å²) in [7, 11) is 1.54. The summed E-state index contributed by atoms with van der Waals surface area (Å²) >= 11 is 0. The van der Waals surface area contributed by atoms with Gasteiger partial charge in [0.15, 0.2) is 11.6 Å². The third-order valence-corrected chi connectivity index (χ3v) is 5.27. The van der Waals surface area contributed by atoms with Crippen molar-refractivity contribution in [2.45, 2.75) is 24.7 Å². The molecule has 5 heteroatoms. The van der Waals surface area contributed by atoms with E-state index in [-0.39, 0.29) is 17.1 Å². The number of fused-ring (bicyclic) bond motifs is 1. The fourth-order valence-corrected chi connectivity index (χ4v) is 4.14. The number of hydrogen-bond donors (Lipinski definition) is 0. The summed E-state index contributed by atoms with van der Waals surface area (Å²) in [4.78, 5) is 25.3. The van der Waals surface area contributed by atoms with Gasteiger partial charge in [-0.1, -0.05) is 24.3 Å². The van der Waals surface area contributed by atoms with Crippen LogP contribution < -0.4 is 9.47 Å². The largest absolute Gasteiger partial charge is 0.447 e. The Morgan fingerprint density at radius 2 is 1.65 bits per heavy atom. The maximum Gasteiger partial charge on any atom is 0.282 e. The number of benzene rings is 2.